The number of hydrogen-bond donors (Lipinski definition) is 1. The van der Waals surface area contributed by atoms with Crippen molar-refractivity contribution in [3.63, 3.8) is 0 Å². The van der Waals surface area contributed by atoms with Crippen LogP contribution >= 0.6 is 0 Å². The monoisotopic (exact) mass is 441 g/mol. The van der Waals surface area contributed by atoms with Crippen molar-refractivity contribution >= 4 is 6.09 Å². The first-order valence-electron chi connectivity index (χ1n) is 12.5. The maximum atomic E-state index is 13.2. The molecule has 1 saturated heterocycles. The maximum absolute atomic E-state index is 13.2. The van der Waals surface area contributed by atoms with Crippen molar-refractivity contribution in [2.24, 2.45) is 11.8 Å². The third-order valence-electron chi connectivity index (χ3n) is 7.00. The number of rotatable bonds is 10. The van der Waals surface area contributed by atoms with Crippen LogP contribution in [0.4, 0.5) is 4.79 Å². The number of unbranched alkanes of at least 4 members (excludes halogenated alkanes) is 1. The molecule has 6 heteroatoms. The predicted octanol–water partition coefficient (Wildman–Crippen LogP) is 5.51. The Morgan fingerprint density at radius 1 is 1.19 bits per heavy atom. The van der Waals surface area contributed by atoms with Crippen molar-refractivity contribution in [2.75, 3.05) is 13.9 Å². The van der Waals surface area contributed by atoms with Gasteiger partial charge in [0.25, 0.3) is 0 Å². The number of likely N-dealkylation sites (tertiary alicyclic amines) is 1. The van der Waals surface area contributed by atoms with Crippen molar-refractivity contribution in [1.29, 1.82) is 0 Å². The standard InChI is InChI=1S/C25H47NO5/c1-7-11-20(27)14-9-8-12-19-13-10-15-22-21(19)16-23(30-17-29-6)18(2)26(22)24(28)31-25(3,4)5/h18-23,27H,7-17H2,1-6H3/t18-,19-,20+,21-,22+,23+/m0/s1. The second-order valence-corrected chi connectivity index (χ2v) is 10.6. The molecule has 0 radical (unpaired) electrons. The van der Waals surface area contributed by atoms with Gasteiger partial charge in [0.15, 0.2) is 0 Å². The smallest absolute Gasteiger partial charge is 0.410 e. The van der Waals surface area contributed by atoms with Crippen molar-refractivity contribution in [2.45, 2.75) is 129 Å². The van der Waals surface area contributed by atoms with Crippen molar-refractivity contribution in [1.82, 2.24) is 4.90 Å². The number of aliphatic hydroxyl groups excluding tert-OH is 1. The topological polar surface area (TPSA) is 68.2 Å². The Morgan fingerprint density at radius 3 is 2.58 bits per heavy atom. The van der Waals surface area contributed by atoms with Crippen LogP contribution in [0.2, 0.25) is 0 Å². The molecule has 1 heterocycles. The summed E-state index contributed by atoms with van der Waals surface area (Å²) in [5, 5.41) is 10.0. The van der Waals surface area contributed by atoms with E-state index in [4.69, 9.17) is 14.2 Å². The van der Waals surface area contributed by atoms with Gasteiger partial charge in [-0.05, 0) is 65.2 Å². The molecule has 31 heavy (non-hydrogen) atoms. The van der Waals surface area contributed by atoms with Crippen LogP contribution in [0, 0.1) is 11.8 Å². The summed E-state index contributed by atoms with van der Waals surface area (Å²) in [6.07, 6.45) is 10.2. The summed E-state index contributed by atoms with van der Waals surface area (Å²) in [7, 11) is 1.64. The second kappa shape index (κ2) is 12.4. The lowest BCUT2D eigenvalue weighted by molar-refractivity contribution is -0.143. The Morgan fingerprint density at radius 2 is 1.94 bits per heavy atom. The first kappa shape index (κ1) is 26.4. The zero-order valence-corrected chi connectivity index (χ0v) is 20.8. The zero-order chi connectivity index (χ0) is 23.0. The SMILES string of the molecule is CCC[C@@H](O)CCCC[C@H]1CCC[C@@H]2[C@H]1C[C@@H](OCOC)[C@H](C)N2C(=O)OC(C)(C)C. The minimum absolute atomic E-state index is 0.0332. The van der Waals surface area contributed by atoms with Gasteiger partial charge in [0, 0.05) is 13.2 Å². The molecular weight excluding hydrogens is 394 g/mol. The number of carbonyl (C=O) groups is 1. The lowest BCUT2D eigenvalue weighted by Crippen LogP contribution is -2.61. The number of nitrogens with zero attached hydrogens (tertiary/aromatic N) is 1. The Hall–Kier alpha value is -0.850. The normalized spacial score (nSPS) is 30.0. The van der Waals surface area contributed by atoms with E-state index in [2.05, 4.69) is 13.8 Å². The van der Waals surface area contributed by atoms with Gasteiger partial charge in [-0.25, -0.2) is 4.79 Å². The van der Waals surface area contributed by atoms with E-state index in [0.29, 0.717) is 11.8 Å². The highest BCUT2D eigenvalue weighted by molar-refractivity contribution is 5.69. The molecule has 0 bridgehead atoms. The minimum Gasteiger partial charge on any atom is -0.444 e. The third-order valence-corrected chi connectivity index (χ3v) is 7.00. The number of fused-ring (bicyclic) bond motifs is 1. The van der Waals surface area contributed by atoms with Crippen molar-refractivity contribution in [3.05, 3.63) is 0 Å². The van der Waals surface area contributed by atoms with Crippen LogP contribution < -0.4 is 0 Å². The molecule has 1 amide bonds. The van der Waals surface area contributed by atoms with Gasteiger partial charge < -0.3 is 19.3 Å². The molecule has 182 valence electrons. The molecule has 0 unspecified atom stereocenters. The fraction of sp³-hybridized carbons (Fsp3) is 0.960. The molecule has 2 rings (SSSR count). The minimum atomic E-state index is -0.514. The fourth-order valence-corrected chi connectivity index (χ4v) is 5.57. The molecule has 1 aliphatic heterocycles. The lowest BCUT2D eigenvalue weighted by atomic mass is 9.68. The lowest BCUT2D eigenvalue weighted by Gasteiger charge is -2.53. The molecule has 0 aromatic heterocycles. The molecule has 0 aromatic carbocycles. The highest BCUT2D eigenvalue weighted by Crippen LogP contribution is 2.44. The first-order chi connectivity index (χ1) is 14.7. The molecule has 6 atom stereocenters. The van der Waals surface area contributed by atoms with Gasteiger partial charge in [-0.2, -0.15) is 0 Å². The van der Waals surface area contributed by atoms with Gasteiger partial charge in [0.1, 0.15) is 12.4 Å². The Bertz CT molecular complexity index is 534. The highest BCUT2D eigenvalue weighted by Gasteiger charge is 2.48. The first-order valence-corrected chi connectivity index (χ1v) is 12.5. The molecule has 1 N–H and O–H groups in total. The molecule has 1 saturated carbocycles. The van der Waals surface area contributed by atoms with E-state index in [-0.39, 0.29) is 37.2 Å². The van der Waals surface area contributed by atoms with Crippen LogP contribution in [0.3, 0.4) is 0 Å². The van der Waals surface area contributed by atoms with Crippen LogP contribution in [0.25, 0.3) is 0 Å². The summed E-state index contributed by atoms with van der Waals surface area (Å²) in [5.41, 5.74) is -0.514. The van der Waals surface area contributed by atoms with E-state index in [9.17, 15) is 9.90 Å². The number of piperidine rings is 1. The number of hydrogen-bond acceptors (Lipinski definition) is 5. The molecular formula is C25H47NO5. The van der Waals surface area contributed by atoms with Crippen LogP contribution in [0.5, 0.6) is 0 Å². The van der Waals surface area contributed by atoms with Gasteiger partial charge in [0.05, 0.1) is 18.2 Å². The average Bonchev–Trinajstić information content (AvgIpc) is 2.68. The van der Waals surface area contributed by atoms with Crippen molar-refractivity contribution in [3.8, 4) is 0 Å². The van der Waals surface area contributed by atoms with Crippen molar-refractivity contribution < 1.29 is 24.1 Å². The predicted molar refractivity (Wildman–Crippen MR) is 123 cm³/mol. The van der Waals surface area contributed by atoms with Crippen LogP contribution in [0.15, 0.2) is 0 Å². The van der Waals surface area contributed by atoms with Crippen LogP contribution in [0.1, 0.15) is 98.8 Å². The Labute approximate surface area is 190 Å². The zero-order valence-electron chi connectivity index (χ0n) is 20.8. The van der Waals surface area contributed by atoms with Gasteiger partial charge in [-0.15, -0.1) is 0 Å². The summed E-state index contributed by atoms with van der Waals surface area (Å²) in [6.45, 7) is 10.2. The number of aliphatic hydroxyl groups is 1. The second-order valence-electron chi connectivity index (χ2n) is 10.6. The number of ether oxygens (including phenoxy) is 3. The summed E-state index contributed by atoms with van der Waals surface area (Å²) >= 11 is 0. The summed E-state index contributed by atoms with van der Waals surface area (Å²) < 4.78 is 17.0. The Balaban J connectivity index is 2.08. The largest absolute Gasteiger partial charge is 0.444 e. The quantitative estimate of drug-likeness (QED) is 0.357. The van der Waals surface area contributed by atoms with Gasteiger partial charge >= 0.3 is 6.09 Å². The summed E-state index contributed by atoms with van der Waals surface area (Å²) in [4.78, 5) is 15.2. The molecule has 2 fully saturated rings. The van der Waals surface area contributed by atoms with Gasteiger partial charge in [0.2, 0.25) is 0 Å². The van der Waals surface area contributed by atoms with E-state index in [1.807, 2.05) is 25.7 Å². The van der Waals surface area contributed by atoms with Crippen LogP contribution in [-0.4, -0.2) is 59.9 Å². The van der Waals surface area contributed by atoms with E-state index < -0.39 is 5.60 Å². The summed E-state index contributed by atoms with van der Waals surface area (Å²) in [5.74, 6) is 1.02. The number of carbonyl (C=O) groups excluding carboxylic acids is 1. The van der Waals surface area contributed by atoms with E-state index in [0.717, 1.165) is 57.8 Å². The fourth-order valence-electron chi connectivity index (χ4n) is 5.57. The van der Waals surface area contributed by atoms with E-state index >= 15 is 0 Å². The van der Waals surface area contributed by atoms with Gasteiger partial charge in [-0.1, -0.05) is 45.4 Å². The van der Waals surface area contributed by atoms with Crippen LogP contribution in [-0.2, 0) is 14.2 Å². The molecule has 2 aliphatic rings. The number of methoxy groups -OCH3 is 1. The van der Waals surface area contributed by atoms with E-state index in [1.165, 1.54) is 6.42 Å². The number of amides is 1. The van der Waals surface area contributed by atoms with E-state index in [1.54, 1.807) is 7.11 Å². The molecule has 6 nitrogen and oxygen atoms in total. The molecule has 0 spiro atoms. The average molecular weight is 442 g/mol. The third kappa shape index (κ3) is 7.90. The highest BCUT2D eigenvalue weighted by atomic mass is 16.7. The maximum Gasteiger partial charge on any atom is 0.410 e. The summed E-state index contributed by atoms with van der Waals surface area (Å²) in [6, 6.07) is 0.186. The molecule has 0 aromatic rings. The van der Waals surface area contributed by atoms with Gasteiger partial charge in [-0.3, -0.25) is 4.90 Å². The Kier molecular flexibility index (Phi) is 10.6. The molecule has 1 aliphatic carbocycles.